The number of carbonyl (C=O) groups is 1. The summed E-state index contributed by atoms with van der Waals surface area (Å²) in [6, 6.07) is 12.9. The van der Waals surface area contributed by atoms with Gasteiger partial charge in [-0.3, -0.25) is 4.79 Å². The number of hydrogen-bond acceptors (Lipinski definition) is 5. The van der Waals surface area contributed by atoms with Crippen LogP contribution in [0.15, 0.2) is 66.1 Å². The van der Waals surface area contributed by atoms with E-state index in [1.807, 2.05) is 13.8 Å². The molecular formula is C22H26N2O5S. The first-order valence-electron chi connectivity index (χ1n) is 9.70. The fourth-order valence-electron chi connectivity index (χ4n) is 3.25. The highest BCUT2D eigenvalue weighted by molar-refractivity contribution is 7.89. The van der Waals surface area contributed by atoms with Crippen LogP contribution in [0.25, 0.3) is 0 Å². The molecule has 1 amide bonds. The van der Waals surface area contributed by atoms with E-state index < -0.39 is 10.0 Å². The first-order valence-corrected chi connectivity index (χ1v) is 11.1. The van der Waals surface area contributed by atoms with Crippen molar-refractivity contribution in [1.82, 2.24) is 4.31 Å². The van der Waals surface area contributed by atoms with E-state index in [4.69, 9.17) is 9.47 Å². The summed E-state index contributed by atoms with van der Waals surface area (Å²) < 4.78 is 38.3. The first kappa shape index (κ1) is 22.0. The summed E-state index contributed by atoms with van der Waals surface area (Å²) in [5.41, 5.74) is 0.976. The SMILES string of the molecule is C=CCOc1ccc(C(=O)Nc2ccc(S(=O)(=O)N3CC(C)OC(C)C3)cc2)cc1. The molecule has 0 saturated carbocycles. The highest BCUT2D eigenvalue weighted by Gasteiger charge is 2.32. The molecule has 0 spiro atoms. The molecule has 2 atom stereocenters. The Hall–Kier alpha value is -2.68. The molecule has 2 aromatic carbocycles. The lowest BCUT2D eigenvalue weighted by atomic mass is 10.2. The van der Waals surface area contributed by atoms with Crippen molar-refractivity contribution in [2.24, 2.45) is 0 Å². The van der Waals surface area contributed by atoms with E-state index in [2.05, 4.69) is 11.9 Å². The van der Waals surface area contributed by atoms with Gasteiger partial charge in [-0.2, -0.15) is 4.31 Å². The van der Waals surface area contributed by atoms with Crippen LogP contribution in [0.3, 0.4) is 0 Å². The highest BCUT2D eigenvalue weighted by atomic mass is 32.2. The third kappa shape index (κ3) is 5.27. The molecule has 160 valence electrons. The maximum Gasteiger partial charge on any atom is 0.255 e. The van der Waals surface area contributed by atoms with Crippen LogP contribution >= 0.6 is 0 Å². The number of morpholine rings is 1. The van der Waals surface area contributed by atoms with Crippen molar-refractivity contribution >= 4 is 21.6 Å². The van der Waals surface area contributed by atoms with Gasteiger partial charge < -0.3 is 14.8 Å². The number of amides is 1. The average Bonchev–Trinajstić information content (AvgIpc) is 2.72. The Morgan fingerprint density at radius 2 is 1.73 bits per heavy atom. The monoisotopic (exact) mass is 430 g/mol. The molecule has 0 radical (unpaired) electrons. The van der Waals surface area contributed by atoms with Gasteiger partial charge in [0, 0.05) is 24.3 Å². The van der Waals surface area contributed by atoms with Gasteiger partial charge in [0.25, 0.3) is 5.91 Å². The van der Waals surface area contributed by atoms with Gasteiger partial charge in [0.1, 0.15) is 12.4 Å². The normalized spacial score (nSPS) is 19.8. The lowest BCUT2D eigenvalue weighted by Gasteiger charge is -2.34. The summed E-state index contributed by atoms with van der Waals surface area (Å²) in [7, 11) is -3.62. The number of benzene rings is 2. The van der Waals surface area contributed by atoms with Gasteiger partial charge in [-0.05, 0) is 62.4 Å². The highest BCUT2D eigenvalue weighted by Crippen LogP contribution is 2.23. The molecule has 1 heterocycles. The summed E-state index contributed by atoms with van der Waals surface area (Å²) in [6.07, 6.45) is 1.33. The number of anilines is 1. The van der Waals surface area contributed by atoms with Gasteiger partial charge in [0.05, 0.1) is 17.1 Å². The molecule has 0 bridgehead atoms. The maximum absolute atomic E-state index is 12.9. The van der Waals surface area contributed by atoms with E-state index >= 15 is 0 Å². The van der Waals surface area contributed by atoms with Gasteiger partial charge in [-0.25, -0.2) is 8.42 Å². The Bertz CT molecular complexity index is 977. The molecule has 1 N–H and O–H groups in total. The Balaban J connectivity index is 1.66. The van der Waals surface area contributed by atoms with Gasteiger partial charge in [0.15, 0.2) is 0 Å². The van der Waals surface area contributed by atoms with Crippen LogP contribution in [0, 0.1) is 0 Å². The number of carbonyl (C=O) groups excluding carboxylic acids is 1. The minimum atomic E-state index is -3.62. The van der Waals surface area contributed by atoms with Gasteiger partial charge in [-0.15, -0.1) is 0 Å². The van der Waals surface area contributed by atoms with Crippen LogP contribution in [-0.4, -0.2) is 50.5 Å². The first-order chi connectivity index (χ1) is 14.3. The van der Waals surface area contributed by atoms with E-state index in [1.165, 1.54) is 16.4 Å². The molecule has 1 aliphatic rings. The van der Waals surface area contributed by atoms with E-state index in [9.17, 15) is 13.2 Å². The van der Waals surface area contributed by atoms with Crippen LogP contribution in [0.1, 0.15) is 24.2 Å². The van der Waals surface area contributed by atoms with Gasteiger partial charge in [0.2, 0.25) is 10.0 Å². The van der Waals surface area contributed by atoms with E-state index in [-0.39, 0.29) is 23.0 Å². The van der Waals surface area contributed by atoms with E-state index in [0.717, 1.165) is 0 Å². The van der Waals surface area contributed by atoms with Crippen molar-refractivity contribution in [2.75, 3.05) is 25.0 Å². The Morgan fingerprint density at radius 3 is 2.30 bits per heavy atom. The molecular weight excluding hydrogens is 404 g/mol. The van der Waals surface area contributed by atoms with Crippen molar-refractivity contribution in [2.45, 2.75) is 31.0 Å². The largest absolute Gasteiger partial charge is 0.490 e. The molecule has 2 unspecified atom stereocenters. The molecule has 1 saturated heterocycles. The van der Waals surface area contributed by atoms with Crippen LogP contribution in [-0.2, 0) is 14.8 Å². The standard InChI is InChI=1S/C22H26N2O5S/c1-4-13-28-20-9-5-18(6-10-20)22(25)23-19-7-11-21(12-8-19)30(26,27)24-14-16(2)29-17(3)15-24/h4-12,16-17H,1,13-15H2,2-3H3,(H,23,25). The molecule has 0 aliphatic carbocycles. The third-order valence-electron chi connectivity index (χ3n) is 4.62. The number of sulfonamides is 1. The number of ether oxygens (including phenoxy) is 2. The number of hydrogen-bond donors (Lipinski definition) is 1. The van der Waals surface area contributed by atoms with Crippen molar-refractivity contribution in [3.63, 3.8) is 0 Å². The number of nitrogens with zero attached hydrogens (tertiary/aromatic N) is 1. The second-order valence-electron chi connectivity index (χ2n) is 7.18. The molecule has 3 rings (SSSR count). The molecule has 2 aromatic rings. The second-order valence-corrected chi connectivity index (χ2v) is 9.12. The summed E-state index contributed by atoms with van der Waals surface area (Å²) in [4.78, 5) is 12.6. The van der Waals surface area contributed by atoms with Crippen molar-refractivity contribution in [3.8, 4) is 5.75 Å². The Kier molecular flexibility index (Phi) is 6.91. The molecule has 30 heavy (non-hydrogen) atoms. The molecule has 0 aromatic heterocycles. The van der Waals surface area contributed by atoms with Crippen LogP contribution in [0.2, 0.25) is 0 Å². The summed E-state index contributed by atoms with van der Waals surface area (Å²) in [5, 5.41) is 2.77. The summed E-state index contributed by atoms with van der Waals surface area (Å²) >= 11 is 0. The lowest BCUT2D eigenvalue weighted by Crippen LogP contribution is -2.48. The van der Waals surface area contributed by atoms with Crippen molar-refractivity contribution in [3.05, 3.63) is 66.7 Å². The zero-order valence-corrected chi connectivity index (χ0v) is 17.9. The fraction of sp³-hybridized carbons (Fsp3) is 0.318. The molecule has 1 fully saturated rings. The topological polar surface area (TPSA) is 84.9 Å². The maximum atomic E-state index is 12.9. The smallest absolute Gasteiger partial charge is 0.255 e. The number of nitrogens with one attached hydrogen (secondary N) is 1. The van der Waals surface area contributed by atoms with Crippen LogP contribution in [0.5, 0.6) is 5.75 Å². The van der Waals surface area contributed by atoms with E-state index in [1.54, 1.807) is 42.5 Å². The van der Waals surface area contributed by atoms with Crippen LogP contribution < -0.4 is 10.1 Å². The molecule has 7 nitrogen and oxygen atoms in total. The molecule has 1 aliphatic heterocycles. The van der Waals surface area contributed by atoms with Crippen molar-refractivity contribution in [1.29, 1.82) is 0 Å². The third-order valence-corrected chi connectivity index (χ3v) is 6.47. The van der Waals surface area contributed by atoms with Gasteiger partial charge in [-0.1, -0.05) is 12.7 Å². The van der Waals surface area contributed by atoms with Crippen LogP contribution in [0.4, 0.5) is 5.69 Å². The predicted octanol–water partition coefficient (Wildman–Crippen LogP) is 3.30. The lowest BCUT2D eigenvalue weighted by molar-refractivity contribution is -0.0440. The molecule has 8 heteroatoms. The predicted molar refractivity (Wildman–Crippen MR) is 115 cm³/mol. The van der Waals surface area contributed by atoms with Gasteiger partial charge >= 0.3 is 0 Å². The minimum Gasteiger partial charge on any atom is -0.490 e. The Labute approximate surface area is 177 Å². The van der Waals surface area contributed by atoms with E-state index in [0.29, 0.717) is 36.7 Å². The second kappa shape index (κ2) is 9.42. The fourth-order valence-corrected chi connectivity index (χ4v) is 4.84. The minimum absolute atomic E-state index is 0.157. The quantitative estimate of drug-likeness (QED) is 0.682. The summed E-state index contributed by atoms with van der Waals surface area (Å²) in [5.74, 6) is 0.351. The zero-order chi connectivity index (χ0) is 21.7. The zero-order valence-electron chi connectivity index (χ0n) is 17.1. The Morgan fingerprint density at radius 1 is 1.13 bits per heavy atom. The van der Waals surface area contributed by atoms with Crippen molar-refractivity contribution < 1.29 is 22.7 Å². The summed E-state index contributed by atoms with van der Waals surface area (Å²) in [6.45, 7) is 8.33. The number of rotatable bonds is 7. The average molecular weight is 431 g/mol.